The molecular weight excluding hydrogens is 581 g/mol. The fraction of sp³-hybridized carbons (Fsp3) is 0.296. The van der Waals surface area contributed by atoms with E-state index in [1.807, 2.05) is 30.3 Å². The molecule has 4 rings (SSSR count). The number of ketones is 1. The smallest absolute Gasteiger partial charge is 0.408 e. The zero-order valence-corrected chi connectivity index (χ0v) is 23.1. The van der Waals surface area contributed by atoms with Crippen LogP contribution in [0.25, 0.3) is 21.7 Å². The Morgan fingerprint density at radius 1 is 1.07 bits per heavy atom. The average Bonchev–Trinajstić information content (AvgIpc) is 3.55. The number of nitrogens with one attached hydrogen (secondary N) is 2. The number of halogens is 3. The molecule has 0 unspecified atom stereocenters. The van der Waals surface area contributed by atoms with Crippen LogP contribution >= 0.6 is 23.1 Å². The molecule has 1 atom stereocenters. The molecule has 4 aromatic rings. The third kappa shape index (κ3) is 8.30. The first-order valence-electron chi connectivity index (χ1n) is 12.4. The fourth-order valence-electron chi connectivity index (χ4n) is 3.85. The number of thiazole rings is 1. The maximum Gasteiger partial charge on any atom is 0.450 e. The van der Waals surface area contributed by atoms with Gasteiger partial charge in [-0.15, -0.1) is 11.3 Å². The standard InChI is InChI=1S/C27H25F3N4O5S2/c28-27(29,30)22(35)16-40-12-6-9-19(33-23(36)14-34-20-10-4-5-11-21(20)39-26(34)38)24(37)31-13-18-15-41-25(32-18)17-7-2-1-3-8-17/h1-5,7-8,10-11,15,19H,6,9,12-14,16H2,(H,31,37)(H,33,36)/t19-/m0/s1. The number of hydrogen-bond acceptors (Lipinski definition) is 8. The number of fused-ring (bicyclic) bond motifs is 1. The van der Waals surface area contributed by atoms with E-state index in [2.05, 4.69) is 15.6 Å². The predicted molar refractivity (Wildman–Crippen MR) is 149 cm³/mol. The largest absolute Gasteiger partial charge is 0.450 e. The van der Waals surface area contributed by atoms with Crippen LogP contribution in [0.5, 0.6) is 0 Å². The van der Waals surface area contributed by atoms with Gasteiger partial charge in [-0.3, -0.25) is 19.0 Å². The molecule has 0 bridgehead atoms. The molecule has 0 aliphatic rings. The minimum absolute atomic E-state index is 0.0925. The minimum atomic E-state index is -4.89. The van der Waals surface area contributed by atoms with Gasteiger partial charge in [0.05, 0.1) is 23.5 Å². The maximum atomic E-state index is 13.1. The van der Waals surface area contributed by atoms with Gasteiger partial charge in [0.15, 0.2) is 5.58 Å². The number of rotatable bonds is 13. The number of carbonyl (C=O) groups excluding carboxylic acids is 3. The van der Waals surface area contributed by atoms with E-state index in [1.54, 1.807) is 29.6 Å². The van der Waals surface area contributed by atoms with E-state index in [4.69, 9.17) is 4.42 Å². The van der Waals surface area contributed by atoms with Crippen LogP contribution in [0.3, 0.4) is 0 Å². The predicted octanol–water partition coefficient (Wildman–Crippen LogP) is 4.16. The third-order valence-corrected chi connectivity index (χ3v) is 7.86. The van der Waals surface area contributed by atoms with E-state index in [-0.39, 0.29) is 25.1 Å². The normalized spacial score (nSPS) is 12.3. The summed E-state index contributed by atoms with van der Waals surface area (Å²) in [5.74, 6) is -4.27. The lowest BCUT2D eigenvalue weighted by atomic mass is 10.1. The van der Waals surface area contributed by atoms with Crippen molar-refractivity contribution in [3.63, 3.8) is 0 Å². The zero-order chi connectivity index (χ0) is 29.4. The van der Waals surface area contributed by atoms with Gasteiger partial charge in [0.2, 0.25) is 17.6 Å². The van der Waals surface area contributed by atoms with Crippen molar-refractivity contribution in [2.24, 2.45) is 0 Å². The van der Waals surface area contributed by atoms with Gasteiger partial charge in [-0.1, -0.05) is 42.5 Å². The molecule has 0 radical (unpaired) electrons. The van der Waals surface area contributed by atoms with Gasteiger partial charge < -0.3 is 15.1 Å². The second-order valence-corrected chi connectivity index (χ2v) is 10.8. The van der Waals surface area contributed by atoms with Crippen molar-refractivity contribution in [3.8, 4) is 10.6 Å². The van der Waals surface area contributed by atoms with Crippen LogP contribution < -0.4 is 16.4 Å². The summed E-state index contributed by atoms with van der Waals surface area (Å²) in [7, 11) is 0. The van der Waals surface area contributed by atoms with Crippen LogP contribution in [0.2, 0.25) is 0 Å². The van der Waals surface area contributed by atoms with Gasteiger partial charge in [-0.2, -0.15) is 24.9 Å². The van der Waals surface area contributed by atoms with Crippen molar-refractivity contribution in [3.05, 3.63) is 76.2 Å². The van der Waals surface area contributed by atoms with Crippen LogP contribution in [0.4, 0.5) is 13.2 Å². The molecule has 2 aromatic heterocycles. The topological polar surface area (TPSA) is 123 Å². The third-order valence-electron chi connectivity index (χ3n) is 5.87. The SMILES string of the molecule is O=C(Cn1c(=O)oc2ccccc21)N[C@@H](CCCSCC(=O)C(F)(F)F)C(=O)NCc1csc(-c2ccccc2)n1. The highest BCUT2D eigenvalue weighted by Crippen LogP contribution is 2.23. The number of oxazole rings is 1. The van der Waals surface area contributed by atoms with Crippen molar-refractivity contribution < 1.29 is 32.0 Å². The van der Waals surface area contributed by atoms with Gasteiger partial charge in [0.1, 0.15) is 17.6 Å². The first-order chi connectivity index (χ1) is 19.6. The van der Waals surface area contributed by atoms with Gasteiger partial charge >= 0.3 is 11.9 Å². The highest BCUT2D eigenvalue weighted by molar-refractivity contribution is 7.99. The minimum Gasteiger partial charge on any atom is -0.408 e. The zero-order valence-electron chi connectivity index (χ0n) is 21.5. The van der Waals surface area contributed by atoms with Gasteiger partial charge in [-0.05, 0) is 30.7 Å². The Morgan fingerprint density at radius 3 is 2.56 bits per heavy atom. The highest BCUT2D eigenvalue weighted by atomic mass is 32.2. The van der Waals surface area contributed by atoms with E-state index in [0.29, 0.717) is 16.8 Å². The number of alkyl halides is 3. The maximum absolute atomic E-state index is 13.1. The van der Waals surface area contributed by atoms with Crippen molar-refractivity contribution in [2.75, 3.05) is 11.5 Å². The number of hydrogen-bond donors (Lipinski definition) is 2. The summed E-state index contributed by atoms with van der Waals surface area (Å²) in [6, 6.07) is 15.0. The molecular formula is C27H25F3N4O5S2. The molecule has 0 fully saturated rings. The number of Topliss-reactive ketones (excluding diaryl/α,β-unsaturated/α-hetero) is 1. The Hall–Kier alpha value is -3.91. The molecule has 2 N–H and O–H groups in total. The Balaban J connectivity index is 1.38. The summed E-state index contributed by atoms with van der Waals surface area (Å²) < 4.78 is 43.6. The number of amides is 2. The quantitative estimate of drug-likeness (QED) is 0.219. The van der Waals surface area contributed by atoms with E-state index in [1.165, 1.54) is 11.3 Å². The summed E-state index contributed by atoms with van der Waals surface area (Å²) in [6.07, 6.45) is -4.55. The number of benzene rings is 2. The molecule has 2 amide bonds. The molecule has 0 saturated heterocycles. The van der Waals surface area contributed by atoms with E-state index < -0.39 is 47.9 Å². The lowest BCUT2D eigenvalue weighted by Crippen LogP contribution is -2.48. The van der Waals surface area contributed by atoms with Crippen LogP contribution in [-0.4, -0.2) is 50.9 Å². The summed E-state index contributed by atoms with van der Waals surface area (Å²) in [6.45, 7) is -0.309. The van der Waals surface area contributed by atoms with Gasteiger partial charge in [0, 0.05) is 10.9 Å². The Kier molecular flexibility index (Phi) is 10.00. The number of aromatic nitrogens is 2. The lowest BCUT2D eigenvalue weighted by Gasteiger charge is -2.18. The number of carbonyl (C=O) groups is 3. The molecule has 0 aliphatic carbocycles. The van der Waals surface area contributed by atoms with Crippen molar-refractivity contribution >= 4 is 51.8 Å². The number of nitrogens with zero attached hydrogens (tertiary/aromatic N) is 2. The monoisotopic (exact) mass is 606 g/mol. The highest BCUT2D eigenvalue weighted by Gasteiger charge is 2.37. The molecule has 216 valence electrons. The van der Waals surface area contributed by atoms with Crippen LogP contribution in [0, 0.1) is 0 Å². The summed E-state index contributed by atoms with van der Waals surface area (Å²) >= 11 is 2.22. The van der Waals surface area contributed by atoms with Crippen LogP contribution in [0.1, 0.15) is 18.5 Å². The fourth-order valence-corrected chi connectivity index (χ4v) is 5.54. The van der Waals surface area contributed by atoms with Crippen molar-refractivity contribution in [2.45, 2.75) is 38.1 Å². The van der Waals surface area contributed by atoms with E-state index >= 15 is 0 Å². The summed E-state index contributed by atoms with van der Waals surface area (Å²) in [4.78, 5) is 53.8. The average molecular weight is 607 g/mol. The van der Waals surface area contributed by atoms with E-state index in [0.717, 1.165) is 26.9 Å². The number of thioether (sulfide) groups is 1. The molecule has 2 heterocycles. The molecule has 0 spiro atoms. The number of para-hydroxylation sites is 2. The second kappa shape index (κ2) is 13.6. The lowest BCUT2D eigenvalue weighted by molar-refractivity contribution is -0.167. The van der Waals surface area contributed by atoms with Gasteiger partial charge in [-0.25, -0.2) is 9.78 Å². The molecule has 41 heavy (non-hydrogen) atoms. The summed E-state index contributed by atoms with van der Waals surface area (Å²) in [5.41, 5.74) is 2.27. The van der Waals surface area contributed by atoms with Crippen LogP contribution in [-0.2, 0) is 27.5 Å². The first-order valence-corrected chi connectivity index (χ1v) is 14.5. The Morgan fingerprint density at radius 2 is 1.80 bits per heavy atom. The second-order valence-electron chi connectivity index (χ2n) is 8.89. The molecule has 14 heteroatoms. The first kappa shape index (κ1) is 30.1. The molecule has 0 aliphatic heterocycles. The van der Waals surface area contributed by atoms with Crippen molar-refractivity contribution in [1.29, 1.82) is 0 Å². The molecule has 0 saturated carbocycles. The Bertz CT molecular complexity index is 1570. The molecule has 2 aromatic carbocycles. The van der Waals surface area contributed by atoms with Crippen molar-refractivity contribution in [1.82, 2.24) is 20.2 Å². The van der Waals surface area contributed by atoms with Crippen LogP contribution in [0.15, 0.2) is 69.2 Å². The Labute approximate surface area is 240 Å². The van der Waals surface area contributed by atoms with E-state index in [9.17, 15) is 32.3 Å². The van der Waals surface area contributed by atoms with Gasteiger partial charge in [0.25, 0.3) is 0 Å². The summed E-state index contributed by atoms with van der Waals surface area (Å²) in [5, 5.41) is 7.94. The molecule has 9 nitrogen and oxygen atoms in total.